The van der Waals surface area contributed by atoms with E-state index in [1.165, 1.54) is 11.8 Å². The summed E-state index contributed by atoms with van der Waals surface area (Å²) in [7, 11) is 0. The average Bonchev–Trinajstić information content (AvgIpc) is 2.16. The van der Waals surface area contributed by atoms with Gasteiger partial charge in [0.25, 0.3) is 0 Å². The molecule has 0 N–H and O–H groups in total. The zero-order valence-corrected chi connectivity index (χ0v) is 10.3. The van der Waals surface area contributed by atoms with Crippen molar-refractivity contribution in [3.05, 3.63) is 29.8 Å². The van der Waals surface area contributed by atoms with Crippen molar-refractivity contribution in [1.29, 1.82) is 0 Å². The summed E-state index contributed by atoms with van der Waals surface area (Å²) in [6.07, 6.45) is 0. The molecular formula is C9H5Cl3O2S. The molecule has 0 fully saturated rings. The fourth-order valence-corrected chi connectivity index (χ4v) is 2.64. The van der Waals surface area contributed by atoms with Gasteiger partial charge < -0.3 is 4.74 Å². The van der Waals surface area contributed by atoms with Crippen LogP contribution in [0.1, 0.15) is 10.4 Å². The lowest BCUT2D eigenvalue weighted by atomic mass is 10.2. The molecule has 1 aromatic rings. The summed E-state index contributed by atoms with van der Waals surface area (Å²) >= 11 is 18.3. The van der Waals surface area contributed by atoms with Crippen molar-refractivity contribution in [2.45, 2.75) is 14.1 Å². The van der Waals surface area contributed by atoms with Crippen molar-refractivity contribution in [2.75, 3.05) is 0 Å². The molecule has 6 heteroatoms. The number of halogens is 3. The van der Waals surface area contributed by atoms with Crippen LogP contribution in [-0.2, 0) is 4.74 Å². The molecular weight excluding hydrogens is 279 g/mol. The number of carbonyl (C=O) groups is 1. The molecule has 0 aromatic heterocycles. The van der Waals surface area contributed by atoms with Gasteiger partial charge in [-0.25, -0.2) is 4.79 Å². The Labute approximate surface area is 106 Å². The maximum absolute atomic E-state index is 11.5. The van der Waals surface area contributed by atoms with Gasteiger partial charge in [-0.3, -0.25) is 0 Å². The predicted molar refractivity (Wildman–Crippen MR) is 61.8 cm³/mol. The molecule has 0 spiro atoms. The molecule has 0 saturated carbocycles. The van der Waals surface area contributed by atoms with Crippen LogP contribution in [-0.4, -0.2) is 15.2 Å². The number of alkyl halides is 3. The number of cyclic esters (lactones) is 1. The Morgan fingerprint density at radius 2 is 1.93 bits per heavy atom. The SMILES string of the molecule is O=C1O[C@H](C(Cl)(Cl)Cl)Sc2ccccc21. The maximum Gasteiger partial charge on any atom is 0.340 e. The lowest BCUT2D eigenvalue weighted by Crippen LogP contribution is -2.31. The smallest absolute Gasteiger partial charge is 0.340 e. The fourth-order valence-electron chi connectivity index (χ4n) is 1.17. The van der Waals surface area contributed by atoms with Crippen molar-refractivity contribution in [3.63, 3.8) is 0 Å². The van der Waals surface area contributed by atoms with Crippen LogP contribution in [0.5, 0.6) is 0 Å². The molecule has 0 aliphatic carbocycles. The van der Waals surface area contributed by atoms with Crippen LogP contribution < -0.4 is 0 Å². The second-order valence-corrected chi connectivity index (χ2v) is 6.37. The van der Waals surface area contributed by atoms with Crippen LogP contribution in [0.2, 0.25) is 0 Å². The Morgan fingerprint density at radius 1 is 1.27 bits per heavy atom. The molecule has 2 rings (SSSR count). The van der Waals surface area contributed by atoms with Crippen molar-refractivity contribution in [3.8, 4) is 0 Å². The minimum Gasteiger partial charge on any atom is -0.443 e. The van der Waals surface area contributed by atoms with Crippen LogP contribution in [0.4, 0.5) is 0 Å². The van der Waals surface area contributed by atoms with E-state index in [9.17, 15) is 4.79 Å². The molecule has 0 radical (unpaired) electrons. The van der Waals surface area contributed by atoms with Gasteiger partial charge in [0.2, 0.25) is 3.79 Å². The van der Waals surface area contributed by atoms with Gasteiger partial charge in [0.05, 0.1) is 5.56 Å². The first-order valence-electron chi connectivity index (χ1n) is 4.02. The van der Waals surface area contributed by atoms with Gasteiger partial charge in [-0.1, -0.05) is 58.7 Å². The molecule has 1 atom stereocenters. The Hall–Kier alpha value is -0.0900. The molecule has 15 heavy (non-hydrogen) atoms. The third kappa shape index (κ3) is 2.36. The summed E-state index contributed by atoms with van der Waals surface area (Å²) < 4.78 is 3.39. The third-order valence-corrected chi connectivity index (χ3v) is 4.08. The van der Waals surface area contributed by atoms with E-state index in [-0.39, 0.29) is 0 Å². The molecule has 2 nitrogen and oxygen atoms in total. The highest BCUT2D eigenvalue weighted by Gasteiger charge is 2.40. The highest BCUT2D eigenvalue weighted by molar-refractivity contribution is 8.00. The second-order valence-electron chi connectivity index (χ2n) is 2.89. The number of ether oxygens (including phenoxy) is 1. The predicted octanol–water partition coefficient (Wildman–Crippen LogP) is 3.65. The number of fused-ring (bicyclic) bond motifs is 1. The monoisotopic (exact) mass is 282 g/mol. The molecule has 1 heterocycles. The highest BCUT2D eigenvalue weighted by atomic mass is 35.6. The summed E-state index contributed by atoms with van der Waals surface area (Å²) in [5.74, 6) is -0.458. The molecule has 0 amide bonds. The molecule has 1 aliphatic heterocycles. The minimum absolute atomic E-state index is 0.458. The van der Waals surface area contributed by atoms with Gasteiger partial charge in [0, 0.05) is 4.90 Å². The Bertz CT molecular complexity index is 403. The normalized spacial score (nSPS) is 20.7. The van der Waals surface area contributed by atoms with E-state index in [4.69, 9.17) is 39.5 Å². The summed E-state index contributed by atoms with van der Waals surface area (Å²) in [4.78, 5) is 12.3. The number of rotatable bonds is 0. The van der Waals surface area contributed by atoms with Gasteiger partial charge in [0.15, 0.2) is 5.44 Å². The number of carbonyl (C=O) groups excluding carboxylic acids is 1. The summed E-state index contributed by atoms with van der Waals surface area (Å²) in [6, 6.07) is 7.05. The third-order valence-electron chi connectivity index (χ3n) is 1.82. The quantitative estimate of drug-likeness (QED) is 0.537. The first-order valence-corrected chi connectivity index (χ1v) is 6.03. The Morgan fingerprint density at radius 3 is 2.60 bits per heavy atom. The molecule has 0 bridgehead atoms. The zero-order valence-electron chi connectivity index (χ0n) is 7.25. The van der Waals surface area contributed by atoms with Gasteiger partial charge in [-0.15, -0.1) is 0 Å². The minimum atomic E-state index is -1.62. The van der Waals surface area contributed by atoms with E-state index in [2.05, 4.69) is 0 Å². The summed E-state index contributed by atoms with van der Waals surface area (Å²) in [5, 5.41) is 0. The van der Waals surface area contributed by atoms with Gasteiger partial charge in [-0.05, 0) is 12.1 Å². The van der Waals surface area contributed by atoms with Crippen molar-refractivity contribution in [1.82, 2.24) is 0 Å². The molecule has 0 unspecified atom stereocenters. The van der Waals surface area contributed by atoms with E-state index in [0.717, 1.165) is 4.90 Å². The first kappa shape index (κ1) is 11.4. The van der Waals surface area contributed by atoms with Crippen molar-refractivity contribution < 1.29 is 9.53 Å². The highest BCUT2D eigenvalue weighted by Crippen LogP contribution is 2.45. The maximum atomic E-state index is 11.5. The first-order chi connectivity index (χ1) is 6.98. The molecule has 0 saturated heterocycles. The van der Waals surface area contributed by atoms with E-state index in [1.54, 1.807) is 18.2 Å². The van der Waals surface area contributed by atoms with Crippen LogP contribution in [0.15, 0.2) is 29.2 Å². The topological polar surface area (TPSA) is 26.3 Å². The van der Waals surface area contributed by atoms with Gasteiger partial charge in [0.1, 0.15) is 0 Å². The van der Waals surface area contributed by atoms with E-state index in [1.807, 2.05) is 6.07 Å². The summed E-state index contributed by atoms with van der Waals surface area (Å²) in [5.41, 5.74) is -0.294. The number of esters is 1. The molecule has 1 aromatic carbocycles. The standard InChI is InChI=1S/C9H5Cl3O2S/c10-9(11,12)8-14-7(13)5-3-1-2-4-6(5)15-8/h1-4,8H/t8-/m0/s1. The average molecular weight is 284 g/mol. The lowest BCUT2D eigenvalue weighted by molar-refractivity contribution is 0.0446. The van der Waals surface area contributed by atoms with Crippen LogP contribution in [0.25, 0.3) is 0 Å². The number of hydrogen-bond donors (Lipinski definition) is 0. The Balaban J connectivity index is 2.35. The van der Waals surface area contributed by atoms with E-state index >= 15 is 0 Å². The number of thioether (sulfide) groups is 1. The molecule has 80 valence electrons. The summed E-state index contributed by atoms with van der Waals surface area (Å²) in [6.45, 7) is 0. The second kappa shape index (κ2) is 4.06. The van der Waals surface area contributed by atoms with Crippen molar-refractivity contribution in [2.24, 2.45) is 0 Å². The van der Waals surface area contributed by atoms with Crippen LogP contribution >= 0.6 is 46.6 Å². The van der Waals surface area contributed by atoms with Crippen LogP contribution in [0, 0.1) is 0 Å². The van der Waals surface area contributed by atoms with Gasteiger partial charge in [-0.2, -0.15) is 0 Å². The van der Waals surface area contributed by atoms with E-state index in [0.29, 0.717) is 5.56 Å². The Kier molecular flexibility index (Phi) is 3.08. The lowest BCUT2D eigenvalue weighted by Gasteiger charge is -2.28. The van der Waals surface area contributed by atoms with Crippen molar-refractivity contribution >= 4 is 52.5 Å². The number of hydrogen-bond acceptors (Lipinski definition) is 3. The van der Waals surface area contributed by atoms with Gasteiger partial charge >= 0.3 is 5.97 Å². The molecule has 1 aliphatic rings. The number of benzene rings is 1. The zero-order chi connectivity index (χ0) is 11.1. The largest absolute Gasteiger partial charge is 0.443 e. The van der Waals surface area contributed by atoms with E-state index < -0.39 is 15.2 Å². The fraction of sp³-hybridized carbons (Fsp3) is 0.222. The van der Waals surface area contributed by atoms with Crippen LogP contribution in [0.3, 0.4) is 0 Å².